The highest BCUT2D eigenvalue weighted by atomic mass is 35.5. The minimum absolute atomic E-state index is 0. The van der Waals surface area contributed by atoms with Crippen molar-refractivity contribution < 1.29 is 4.79 Å². The Morgan fingerprint density at radius 1 is 1.56 bits per heavy atom. The lowest BCUT2D eigenvalue weighted by Crippen LogP contribution is -2.23. The van der Waals surface area contributed by atoms with Crippen molar-refractivity contribution in [2.45, 2.75) is 39.2 Å². The summed E-state index contributed by atoms with van der Waals surface area (Å²) in [6.45, 7) is 6.00. The highest BCUT2D eigenvalue weighted by molar-refractivity contribution is 7.15. The van der Waals surface area contributed by atoms with Crippen LogP contribution in [0.5, 0.6) is 0 Å². The van der Waals surface area contributed by atoms with Crippen molar-refractivity contribution in [1.82, 2.24) is 4.98 Å². The van der Waals surface area contributed by atoms with Crippen LogP contribution < -0.4 is 11.1 Å². The summed E-state index contributed by atoms with van der Waals surface area (Å²) in [5, 5.41) is 3.39. The van der Waals surface area contributed by atoms with Crippen molar-refractivity contribution in [3.8, 4) is 0 Å². The topological polar surface area (TPSA) is 68.0 Å². The van der Waals surface area contributed by atoms with Gasteiger partial charge in [-0.25, -0.2) is 4.98 Å². The molecule has 16 heavy (non-hydrogen) atoms. The molecular weight excluding hydrogens is 246 g/mol. The number of carbonyl (C=O) groups is 1. The number of nitrogens with two attached hydrogens (primary N) is 1. The first-order chi connectivity index (χ1) is 6.99. The molecule has 4 nitrogen and oxygen atoms in total. The van der Waals surface area contributed by atoms with E-state index in [-0.39, 0.29) is 24.4 Å². The van der Waals surface area contributed by atoms with E-state index in [1.165, 1.54) is 16.2 Å². The normalized spacial score (nSPS) is 12.1. The summed E-state index contributed by atoms with van der Waals surface area (Å²) in [7, 11) is 0. The predicted octanol–water partition coefficient (Wildman–Crippen LogP) is 2.36. The van der Waals surface area contributed by atoms with Gasteiger partial charge in [-0.2, -0.15) is 0 Å². The van der Waals surface area contributed by atoms with Crippen molar-refractivity contribution in [3.63, 3.8) is 0 Å². The van der Waals surface area contributed by atoms with Gasteiger partial charge in [0.05, 0.1) is 0 Å². The van der Waals surface area contributed by atoms with Gasteiger partial charge >= 0.3 is 0 Å². The molecule has 1 rings (SSSR count). The number of hydrogen-bond acceptors (Lipinski definition) is 4. The number of amides is 1. The number of carbonyl (C=O) groups excluding carboxylic acids is 1. The Kier molecular flexibility index (Phi) is 6.55. The van der Waals surface area contributed by atoms with Gasteiger partial charge in [0.25, 0.3) is 0 Å². The zero-order valence-electron chi connectivity index (χ0n) is 9.69. The number of nitrogens with zero attached hydrogens (tertiary/aromatic N) is 1. The second-order valence-electron chi connectivity index (χ2n) is 3.95. The Morgan fingerprint density at radius 3 is 2.62 bits per heavy atom. The maximum absolute atomic E-state index is 11.4. The van der Waals surface area contributed by atoms with Crippen molar-refractivity contribution >= 4 is 34.8 Å². The van der Waals surface area contributed by atoms with Crippen LogP contribution in [0, 0.1) is 0 Å². The zero-order chi connectivity index (χ0) is 11.4. The quantitative estimate of drug-likeness (QED) is 0.876. The van der Waals surface area contributed by atoms with Gasteiger partial charge in [0.1, 0.15) is 0 Å². The molecule has 0 aliphatic rings. The minimum Gasteiger partial charge on any atom is -0.327 e. The molecule has 0 aliphatic carbocycles. The molecule has 0 aliphatic heterocycles. The van der Waals surface area contributed by atoms with Gasteiger partial charge in [-0.3, -0.25) is 4.79 Å². The Morgan fingerprint density at radius 2 is 2.19 bits per heavy atom. The van der Waals surface area contributed by atoms with Crippen LogP contribution in [0.2, 0.25) is 0 Å². The van der Waals surface area contributed by atoms with E-state index < -0.39 is 0 Å². The molecule has 0 aromatic carbocycles. The Labute approximate surface area is 106 Å². The summed E-state index contributed by atoms with van der Waals surface area (Å²) in [4.78, 5) is 16.7. The van der Waals surface area contributed by atoms with Gasteiger partial charge in [0.2, 0.25) is 5.91 Å². The van der Waals surface area contributed by atoms with E-state index in [0.29, 0.717) is 17.5 Å². The average molecular weight is 264 g/mol. The molecule has 1 amide bonds. The number of anilines is 1. The molecule has 0 saturated heterocycles. The van der Waals surface area contributed by atoms with E-state index in [4.69, 9.17) is 5.73 Å². The molecular formula is C10H18ClN3OS. The fraction of sp³-hybridized carbons (Fsp3) is 0.600. The summed E-state index contributed by atoms with van der Waals surface area (Å²) < 4.78 is 0. The Bertz CT molecular complexity index is 339. The Balaban J connectivity index is 0.00000225. The van der Waals surface area contributed by atoms with E-state index in [0.717, 1.165) is 0 Å². The summed E-state index contributed by atoms with van der Waals surface area (Å²) in [5.41, 5.74) is 5.52. The van der Waals surface area contributed by atoms with Crippen molar-refractivity contribution in [1.29, 1.82) is 0 Å². The van der Waals surface area contributed by atoms with Crippen LogP contribution >= 0.6 is 23.7 Å². The first kappa shape index (κ1) is 15.3. The first-order valence-electron chi connectivity index (χ1n) is 5.00. The number of thiazole rings is 1. The molecule has 6 heteroatoms. The number of rotatable bonds is 4. The van der Waals surface area contributed by atoms with Crippen molar-refractivity contribution in [2.75, 3.05) is 5.32 Å². The molecule has 0 spiro atoms. The van der Waals surface area contributed by atoms with Crippen LogP contribution in [0.25, 0.3) is 0 Å². The molecule has 0 saturated carbocycles. The van der Waals surface area contributed by atoms with Crippen LogP contribution in [0.3, 0.4) is 0 Å². The van der Waals surface area contributed by atoms with Crippen LogP contribution in [0.15, 0.2) is 6.20 Å². The monoisotopic (exact) mass is 263 g/mol. The second-order valence-corrected chi connectivity index (χ2v) is 5.01. The molecule has 3 N–H and O–H groups in total. The van der Waals surface area contributed by atoms with Crippen molar-refractivity contribution in [3.05, 3.63) is 11.1 Å². The standard InChI is InChI=1S/C10H17N3OS.ClH/c1-6(2)8-5-12-10(15-8)13-9(14)4-7(3)11;/h5-7H,4,11H2,1-3H3,(H,12,13,14);1H. The molecule has 0 bridgehead atoms. The molecule has 1 aromatic rings. The van der Waals surface area contributed by atoms with Gasteiger partial charge < -0.3 is 11.1 Å². The van der Waals surface area contributed by atoms with Crippen molar-refractivity contribution in [2.24, 2.45) is 5.73 Å². The Hall–Kier alpha value is -0.650. The third kappa shape index (κ3) is 4.92. The first-order valence-corrected chi connectivity index (χ1v) is 5.82. The van der Waals surface area contributed by atoms with Crippen LogP contribution in [-0.2, 0) is 4.79 Å². The summed E-state index contributed by atoms with van der Waals surface area (Å²) >= 11 is 1.51. The highest BCUT2D eigenvalue weighted by Gasteiger charge is 2.09. The molecule has 0 fully saturated rings. The van der Waals surface area contributed by atoms with E-state index >= 15 is 0 Å². The van der Waals surface area contributed by atoms with Gasteiger partial charge in [-0.15, -0.1) is 23.7 Å². The van der Waals surface area contributed by atoms with E-state index in [2.05, 4.69) is 24.1 Å². The predicted molar refractivity (Wildman–Crippen MR) is 70.3 cm³/mol. The molecule has 1 aromatic heterocycles. The largest absolute Gasteiger partial charge is 0.327 e. The number of hydrogen-bond donors (Lipinski definition) is 2. The molecule has 1 atom stereocenters. The molecule has 1 unspecified atom stereocenters. The third-order valence-electron chi connectivity index (χ3n) is 1.85. The SMILES string of the molecule is CC(N)CC(=O)Nc1ncc(C(C)C)s1.Cl. The molecule has 1 heterocycles. The lowest BCUT2D eigenvalue weighted by Gasteiger charge is -2.03. The van der Waals surface area contributed by atoms with Gasteiger partial charge in [0.15, 0.2) is 5.13 Å². The summed E-state index contributed by atoms with van der Waals surface area (Å²) in [6.07, 6.45) is 2.13. The summed E-state index contributed by atoms with van der Waals surface area (Å²) in [5.74, 6) is 0.372. The maximum atomic E-state index is 11.4. The maximum Gasteiger partial charge on any atom is 0.227 e. The average Bonchev–Trinajstić information content (AvgIpc) is 2.50. The van der Waals surface area contributed by atoms with E-state index in [1.54, 1.807) is 13.1 Å². The highest BCUT2D eigenvalue weighted by Crippen LogP contribution is 2.25. The molecule has 92 valence electrons. The van der Waals surface area contributed by atoms with Crippen LogP contribution in [-0.4, -0.2) is 16.9 Å². The fourth-order valence-electron chi connectivity index (χ4n) is 1.07. The number of halogens is 1. The summed E-state index contributed by atoms with van der Waals surface area (Å²) in [6, 6.07) is -0.116. The lowest BCUT2D eigenvalue weighted by atomic mass is 10.2. The van der Waals surface area contributed by atoms with Gasteiger partial charge in [0, 0.05) is 23.5 Å². The number of aromatic nitrogens is 1. The lowest BCUT2D eigenvalue weighted by molar-refractivity contribution is -0.116. The number of nitrogens with one attached hydrogen (secondary N) is 1. The zero-order valence-corrected chi connectivity index (χ0v) is 11.3. The molecule has 0 radical (unpaired) electrons. The van der Waals surface area contributed by atoms with Gasteiger partial charge in [-0.05, 0) is 12.8 Å². The minimum atomic E-state index is -0.116. The fourth-order valence-corrected chi connectivity index (χ4v) is 1.91. The van der Waals surface area contributed by atoms with Crippen LogP contribution in [0.4, 0.5) is 5.13 Å². The van der Waals surface area contributed by atoms with E-state index in [1.807, 2.05) is 0 Å². The van der Waals surface area contributed by atoms with Gasteiger partial charge in [-0.1, -0.05) is 13.8 Å². The third-order valence-corrected chi connectivity index (χ3v) is 3.06. The second kappa shape index (κ2) is 6.83. The van der Waals surface area contributed by atoms with Crippen LogP contribution in [0.1, 0.15) is 38.0 Å². The van der Waals surface area contributed by atoms with E-state index in [9.17, 15) is 4.79 Å². The smallest absolute Gasteiger partial charge is 0.227 e.